The Bertz CT molecular complexity index is 1420. The topological polar surface area (TPSA) is 59.9 Å². The summed E-state index contributed by atoms with van der Waals surface area (Å²) in [6.07, 6.45) is 1.54. The lowest BCUT2D eigenvalue weighted by atomic mass is 10.2. The lowest BCUT2D eigenvalue weighted by Crippen LogP contribution is -2.18. The van der Waals surface area contributed by atoms with Gasteiger partial charge in [0.15, 0.2) is 0 Å². The molecule has 4 aromatic carbocycles. The van der Waals surface area contributed by atoms with Crippen molar-refractivity contribution in [3.05, 3.63) is 126 Å². The summed E-state index contributed by atoms with van der Waals surface area (Å²) < 4.78 is 13.3. The Morgan fingerprint density at radius 1 is 0.811 bits per heavy atom. The number of carbonyl (C=O) groups excluding carboxylic acids is 1. The van der Waals surface area contributed by atoms with Crippen molar-refractivity contribution in [2.75, 3.05) is 0 Å². The second kappa shape index (κ2) is 13.1. The molecule has 0 aliphatic heterocycles. The molecule has 0 saturated heterocycles. The molecule has 0 bridgehead atoms. The minimum absolute atomic E-state index is 0.236. The van der Waals surface area contributed by atoms with Crippen molar-refractivity contribution in [2.45, 2.75) is 13.2 Å². The summed E-state index contributed by atoms with van der Waals surface area (Å²) in [5.74, 6) is 0.662. The zero-order valence-electron chi connectivity index (χ0n) is 19.3. The lowest BCUT2D eigenvalue weighted by Gasteiger charge is -2.12. The van der Waals surface area contributed by atoms with Crippen molar-refractivity contribution in [2.24, 2.45) is 5.10 Å². The predicted molar refractivity (Wildman–Crippen MR) is 155 cm³/mol. The van der Waals surface area contributed by atoms with E-state index in [1.807, 2.05) is 54.6 Å². The molecule has 0 fully saturated rings. The van der Waals surface area contributed by atoms with Gasteiger partial charge in [0.1, 0.15) is 24.7 Å². The summed E-state index contributed by atoms with van der Waals surface area (Å²) in [5.41, 5.74) is 5.36. The fourth-order valence-corrected chi connectivity index (χ4v) is 5.17. The predicted octanol–water partition coefficient (Wildman–Crippen LogP) is 8.44. The van der Waals surface area contributed by atoms with Crippen molar-refractivity contribution in [3.8, 4) is 11.5 Å². The number of nitrogens with one attached hydrogen (secondary N) is 1. The van der Waals surface area contributed by atoms with Crippen molar-refractivity contribution < 1.29 is 14.3 Å². The summed E-state index contributed by atoms with van der Waals surface area (Å²) >= 11 is 19.5. The average molecular weight is 663 g/mol. The van der Waals surface area contributed by atoms with Gasteiger partial charge in [-0.25, -0.2) is 5.43 Å². The molecule has 37 heavy (non-hydrogen) atoms. The van der Waals surface area contributed by atoms with Crippen LogP contribution in [-0.2, 0) is 13.2 Å². The smallest absolute Gasteiger partial charge is 0.275 e. The molecule has 0 saturated carbocycles. The maximum Gasteiger partial charge on any atom is 0.275 e. The molecule has 0 radical (unpaired) electrons. The standard InChI is InChI=1S/C28H20Br2Cl2N2O3/c29-22-13-18(14-23(30)27(22)37-17-20-8-2-5-11-25(20)32)15-33-34-28(35)21-9-3-6-12-26(21)36-16-19-7-1-4-10-24(19)31/h1-15H,16-17H2,(H,34,35)/b33-15+. The van der Waals surface area contributed by atoms with Crippen LogP contribution in [0.4, 0.5) is 0 Å². The third-order valence-electron chi connectivity index (χ3n) is 5.20. The van der Waals surface area contributed by atoms with E-state index in [0.717, 1.165) is 25.6 Å². The van der Waals surface area contributed by atoms with E-state index >= 15 is 0 Å². The molecule has 9 heteroatoms. The molecule has 188 valence electrons. The number of ether oxygens (including phenoxy) is 2. The van der Waals surface area contributed by atoms with Crippen LogP contribution in [0.2, 0.25) is 10.0 Å². The van der Waals surface area contributed by atoms with Crippen LogP contribution in [0.15, 0.2) is 99.0 Å². The highest BCUT2D eigenvalue weighted by Gasteiger charge is 2.13. The monoisotopic (exact) mass is 660 g/mol. The van der Waals surface area contributed by atoms with Crippen LogP contribution in [-0.4, -0.2) is 12.1 Å². The quantitative estimate of drug-likeness (QED) is 0.145. The normalized spacial score (nSPS) is 10.9. The fourth-order valence-electron chi connectivity index (χ4n) is 3.33. The van der Waals surface area contributed by atoms with Crippen molar-refractivity contribution in [1.82, 2.24) is 5.43 Å². The highest BCUT2D eigenvalue weighted by molar-refractivity contribution is 9.11. The van der Waals surface area contributed by atoms with E-state index in [0.29, 0.717) is 33.7 Å². The first-order valence-corrected chi connectivity index (χ1v) is 13.4. The van der Waals surface area contributed by atoms with E-state index in [9.17, 15) is 4.79 Å². The third-order valence-corrected chi connectivity index (χ3v) is 7.12. The highest BCUT2D eigenvalue weighted by Crippen LogP contribution is 2.35. The van der Waals surface area contributed by atoms with E-state index in [4.69, 9.17) is 32.7 Å². The van der Waals surface area contributed by atoms with Gasteiger partial charge in [0, 0.05) is 21.2 Å². The SMILES string of the molecule is O=C(N/N=C/c1cc(Br)c(OCc2ccccc2Cl)c(Br)c1)c1ccccc1OCc1ccccc1Cl. The molecule has 1 N–H and O–H groups in total. The molecule has 0 aromatic heterocycles. The number of carbonyl (C=O) groups is 1. The average Bonchev–Trinajstić information content (AvgIpc) is 2.89. The summed E-state index contributed by atoms with van der Waals surface area (Å²) in [4.78, 5) is 12.8. The zero-order valence-corrected chi connectivity index (χ0v) is 23.9. The number of nitrogens with zero attached hydrogens (tertiary/aromatic N) is 1. The van der Waals surface area contributed by atoms with E-state index in [1.54, 1.807) is 36.5 Å². The molecule has 0 aliphatic carbocycles. The largest absolute Gasteiger partial charge is 0.488 e. The Kier molecular flexibility index (Phi) is 9.63. The number of halogens is 4. The summed E-state index contributed by atoms with van der Waals surface area (Å²) in [6.45, 7) is 0.554. The Morgan fingerprint density at radius 2 is 1.35 bits per heavy atom. The van der Waals surface area contributed by atoms with Gasteiger partial charge in [0.25, 0.3) is 5.91 Å². The maximum absolute atomic E-state index is 12.8. The number of para-hydroxylation sites is 1. The van der Waals surface area contributed by atoms with Gasteiger partial charge in [-0.15, -0.1) is 0 Å². The molecule has 4 aromatic rings. The molecule has 0 spiro atoms. The second-order valence-electron chi connectivity index (χ2n) is 7.77. The summed E-state index contributed by atoms with van der Waals surface area (Å²) in [7, 11) is 0. The third kappa shape index (κ3) is 7.36. The number of hydrogen-bond acceptors (Lipinski definition) is 4. The van der Waals surface area contributed by atoms with Gasteiger partial charge < -0.3 is 9.47 Å². The zero-order chi connectivity index (χ0) is 26.2. The number of amides is 1. The molecule has 0 aliphatic rings. The van der Waals surface area contributed by atoms with Crippen molar-refractivity contribution in [1.29, 1.82) is 0 Å². The molecular weight excluding hydrogens is 643 g/mol. The Labute approximate surface area is 241 Å². The van der Waals surface area contributed by atoms with E-state index < -0.39 is 5.91 Å². The number of benzene rings is 4. The van der Waals surface area contributed by atoms with Crippen LogP contribution in [0, 0.1) is 0 Å². The van der Waals surface area contributed by atoms with Gasteiger partial charge >= 0.3 is 0 Å². The lowest BCUT2D eigenvalue weighted by molar-refractivity contribution is 0.0950. The molecule has 0 atom stereocenters. The molecule has 4 rings (SSSR count). The van der Waals surface area contributed by atoms with Crippen molar-refractivity contribution in [3.63, 3.8) is 0 Å². The van der Waals surface area contributed by atoms with Gasteiger partial charge in [-0.2, -0.15) is 5.10 Å². The highest BCUT2D eigenvalue weighted by atomic mass is 79.9. The van der Waals surface area contributed by atoms with Crippen LogP contribution >= 0.6 is 55.1 Å². The first-order chi connectivity index (χ1) is 17.9. The second-order valence-corrected chi connectivity index (χ2v) is 10.3. The van der Waals surface area contributed by atoms with E-state index in [1.165, 1.54) is 0 Å². The van der Waals surface area contributed by atoms with Crippen molar-refractivity contribution >= 4 is 67.2 Å². The molecule has 0 unspecified atom stereocenters. The van der Waals surface area contributed by atoms with Crippen LogP contribution in [0.1, 0.15) is 27.0 Å². The number of rotatable bonds is 9. The molecule has 5 nitrogen and oxygen atoms in total. The Balaban J connectivity index is 1.39. The number of hydrogen-bond donors (Lipinski definition) is 1. The van der Waals surface area contributed by atoms with Gasteiger partial charge in [-0.05, 0) is 73.8 Å². The van der Waals surface area contributed by atoms with Gasteiger partial charge in [-0.1, -0.05) is 71.7 Å². The number of hydrazone groups is 1. The summed E-state index contributed by atoms with van der Waals surface area (Å²) in [6, 6.07) is 25.5. The van der Waals surface area contributed by atoms with Crippen LogP contribution in [0.25, 0.3) is 0 Å². The Hall–Kier alpha value is -2.84. The molecular formula is C28H20Br2Cl2N2O3. The van der Waals surface area contributed by atoms with Crippen LogP contribution in [0.3, 0.4) is 0 Å². The van der Waals surface area contributed by atoms with E-state index in [-0.39, 0.29) is 6.61 Å². The Morgan fingerprint density at radius 3 is 1.97 bits per heavy atom. The fraction of sp³-hybridized carbons (Fsp3) is 0.0714. The minimum atomic E-state index is -0.399. The first kappa shape index (κ1) is 27.2. The van der Waals surface area contributed by atoms with Crippen LogP contribution in [0.5, 0.6) is 11.5 Å². The van der Waals surface area contributed by atoms with Crippen LogP contribution < -0.4 is 14.9 Å². The maximum atomic E-state index is 12.8. The molecule has 0 heterocycles. The van der Waals surface area contributed by atoms with Gasteiger partial charge in [0.2, 0.25) is 0 Å². The van der Waals surface area contributed by atoms with Gasteiger partial charge in [0.05, 0.1) is 20.7 Å². The first-order valence-electron chi connectivity index (χ1n) is 11.1. The van der Waals surface area contributed by atoms with Gasteiger partial charge in [-0.3, -0.25) is 4.79 Å². The van der Waals surface area contributed by atoms with E-state index in [2.05, 4.69) is 42.4 Å². The molecule has 1 amide bonds. The minimum Gasteiger partial charge on any atom is -0.488 e. The summed E-state index contributed by atoms with van der Waals surface area (Å²) in [5, 5.41) is 5.35.